The van der Waals surface area contributed by atoms with E-state index in [0.29, 0.717) is 28.0 Å². The van der Waals surface area contributed by atoms with Crippen LogP contribution in [0, 0.1) is 0 Å². The lowest BCUT2D eigenvalue weighted by Gasteiger charge is -1.98. The Hall–Kier alpha value is -2.82. The highest BCUT2D eigenvalue weighted by atomic mass is 16.3. The largest absolute Gasteiger partial charge is 0.507 e. The highest BCUT2D eigenvalue weighted by molar-refractivity contribution is 5.96. The van der Waals surface area contributed by atoms with E-state index in [2.05, 4.69) is 9.97 Å². The second-order valence-corrected chi connectivity index (χ2v) is 4.20. The van der Waals surface area contributed by atoms with Gasteiger partial charge in [0.05, 0.1) is 16.6 Å². The van der Waals surface area contributed by atoms with Crippen LogP contribution >= 0.6 is 0 Å². The highest BCUT2D eigenvalue weighted by Crippen LogP contribution is 2.28. The number of aromatic amines is 1. The maximum absolute atomic E-state index is 11.1. The Labute approximate surface area is 108 Å². The number of nitrogens with two attached hydrogens (primary N) is 1. The molecule has 0 radical (unpaired) electrons. The number of phenols is 1. The third-order valence-corrected chi connectivity index (χ3v) is 2.93. The summed E-state index contributed by atoms with van der Waals surface area (Å²) in [5.74, 6) is 0.215. The lowest BCUT2D eigenvalue weighted by atomic mass is 10.2. The number of aromatic nitrogens is 2. The first kappa shape index (κ1) is 11.3. The number of phenolic OH excluding ortho intramolecular Hbond substituents is 1. The summed E-state index contributed by atoms with van der Waals surface area (Å²) in [5, 5.41) is 9.80. The van der Waals surface area contributed by atoms with Gasteiger partial charge in [-0.25, -0.2) is 4.98 Å². The molecule has 0 saturated carbocycles. The molecule has 2 aromatic carbocycles. The second-order valence-electron chi connectivity index (χ2n) is 4.20. The van der Waals surface area contributed by atoms with Crippen molar-refractivity contribution in [3.05, 3.63) is 48.0 Å². The number of imidazole rings is 1. The number of H-pyrrole nitrogens is 1. The summed E-state index contributed by atoms with van der Waals surface area (Å²) < 4.78 is 0. The molecule has 0 fully saturated rings. The summed E-state index contributed by atoms with van der Waals surface area (Å²) in [6.45, 7) is 0. The van der Waals surface area contributed by atoms with Crippen LogP contribution in [0.25, 0.3) is 22.4 Å². The van der Waals surface area contributed by atoms with Gasteiger partial charge in [0.15, 0.2) is 0 Å². The molecule has 0 unspecified atom stereocenters. The maximum atomic E-state index is 11.1. The molecule has 1 heterocycles. The van der Waals surface area contributed by atoms with Gasteiger partial charge in [-0.3, -0.25) is 4.79 Å². The van der Waals surface area contributed by atoms with Crippen LogP contribution in [-0.2, 0) is 0 Å². The lowest BCUT2D eigenvalue weighted by molar-refractivity contribution is 0.100. The summed E-state index contributed by atoms with van der Waals surface area (Å²) in [6, 6.07) is 11.9. The highest BCUT2D eigenvalue weighted by Gasteiger charge is 2.10. The van der Waals surface area contributed by atoms with Gasteiger partial charge in [0.1, 0.15) is 11.6 Å². The minimum atomic E-state index is -0.486. The van der Waals surface area contributed by atoms with Crippen LogP contribution in [0.2, 0.25) is 0 Å². The molecule has 1 amide bonds. The SMILES string of the molecule is NC(=O)c1ccc2nc(-c3ccccc3O)[nH]c2c1. The van der Waals surface area contributed by atoms with E-state index in [1.54, 1.807) is 36.4 Å². The van der Waals surface area contributed by atoms with Crippen molar-refractivity contribution in [1.29, 1.82) is 0 Å². The maximum Gasteiger partial charge on any atom is 0.248 e. The molecule has 0 aliphatic rings. The summed E-state index contributed by atoms with van der Waals surface area (Å²) >= 11 is 0. The van der Waals surface area contributed by atoms with E-state index in [9.17, 15) is 9.90 Å². The minimum absolute atomic E-state index is 0.150. The van der Waals surface area contributed by atoms with Gasteiger partial charge in [-0.05, 0) is 30.3 Å². The second kappa shape index (κ2) is 4.13. The number of carbonyl (C=O) groups excluding carboxylic acids is 1. The smallest absolute Gasteiger partial charge is 0.248 e. The standard InChI is InChI=1S/C14H11N3O2/c15-13(19)8-5-6-10-11(7-8)17-14(16-10)9-3-1-2-4-12(9)18/h1-7,18H,(H2,15,19)(H,16,17). The third kappa shape index (κ3) is 1.91. The number of hydrogen-bond acceptors (Lipinski definition) is 3. The molecule has 0 atom stereocenters. The zero-order chi connectivity index (χ0) is 13.4. The summed E-state index contributed by atoms with van der Waals surface area (Å²) in [5.41, 5.74) is 7.68. The van der Waals surface area contributed by atoms with Gasteiger partial charge >= 0.3 is 0 Å². The number of nitrogens with one attached hydrogen (secondary N) is 1. The molecule has 4 N–H and O–H groups in total. The lowest BCUT2D eigenvalue weighted by Crippen LogP contribution is -2.10. The van der Waals surface area contributed by atoms with E-state index in [0.717, 1.165) is 0 Å². The minimum Gasteiger partial charge on any atom is -0.507 e. The van der Waals surface area contributed by atoms with E-state index >= 15 is 0 Å². The molecular weight excluding hydrogens is 242 g/mol. The predicted molar refractivity (Wildman–Crippen MR) is 71.7 cm³/mol. The molecule has 19 heavy (non-hydrogen) atoms. The average Bonchev–Trinajstić information content (AvgIpc) is 2.81. The van der Waals surface area contributed by atoms with Crippen molar-refractivity contribution in [2.45, 2.75) is 0 Å². The van der Waals surface area contributed by atoms with Crippen molar-refractivity contribution in [3.63, 3.8) is 0 Å². The average molecular weight is 253 g/mol. The van der Waals surface area contributed by atoms with Crippen LogP contribution in [0.4, 0.5) is 0 Å². The van der Waals surface area contributed by atoms with Crippen LogP contribution in [0.15, 0.2) is 42.5 Å². The summed E-state index contributed by atoms with van der Waals surface area (Å²) in [4.78, 5) is 18.6. The fraction of sp³-hybridized carbons (Fsp3) is 0. The van der Waals surface area contributed by atoms with Crippen molar-refractivity contribution < 1.29 is 9.90 Å². The number of para-hydroxylation sites is 1. The van der Waals surface area contributed by atoms with E-state index < -0.39 is 5.91 Å². The van der Waals surface area contributed by atoms with Gasteiger partial charge in [-0.15, -0.1) is 0 Å². The Kier molecular flexibility index (Phi) is 2.45. The molecule has 0 aliphatic carbocycles. The molecule has 3 aromatic rings. The molecular formula is C14H11N3O2. The molecule has 94 valence electrons. The van der Waals surface area contributed by atoms with Crippen molar-refractivity contribution in [1.82, 2.24) is 9.97 Å². The molecule has 1 aromatic heterocycles. The number of fused-ring (bicyclic) bond motifs is 1. The van der Waals surface area contributed by atoms with Crippen LogP contribution < -0.4 is 5.73 Å². The monoisotopic (exact) mass is 253 g/mol. The molecule has 0 spiro atoms. The van der Waals surface area contributed by atoms with E-state index in [-0.39, 0.29) is 5.75 Å². The Balaban J connectivity index is 2.17. The Morgan fingerprint density at radius 2 is 2.00 bits per heavy atom. The van der Waals surface area contributed by atoms with E-state index in [4.69, 9.17) is 5.73 Å². The molecule has 5 nitrogen and oxygen atoms in total. The van der Waals surface area contributed by atoms with Gasteiger partial charge in [0, 0.05) is 5.56 Å². The topological polar surface area (TPSA) is 92.0 Å². The van der Waals surface area contributed by atoms with Crippen LogP contribution in [0.1, 0.15) is 10.4 Å². The van der Waals surface area contributed by atoms with Crippen molar-refractivity contribution in [2.75, 3.05) is 0 Å². The first-order valence-electron chi connectivity index (χ1n) is 5.73. The fourth-order valence-corrected chi connectivity index (χ4v) is 1.96. The van der Waals surface area contributed by atoms with Gasteiger partial charge in [-0.1, -0.05) is 12.1 Å². The van der Waals surface area contributed by atoms with Crippen molar-refractivity contribution >= 4 is 16.9 Å². The van der Waals surface area contributed by atoms with E-state index in [1.807, 2.05) is 6.07 Å². The zero-order valence-corrected chi connectivity index (χ0v) is 9.92. The summed E-state index contributed by atoms with van der Waals surface area (Å²) in [6.07, 6.45) is 0. The van der Waals surface area contributed by atoms with Crippen LogP contribution in [0.3, 0.4) is 0 Å². The summed E-state index contributed by atoms with van der Waals surface area (Å²) in [7, 11) is 0. The number of rotatable bonds is 2. The third-order valence-electron chi connectivity index (χ3n) is 2.93. The quantitative estimate of drug-likeness (QED) is 0.652. The van der Waals surface area contributed by atoms with Crippen molar-refractivity contribution in [2.24, 2.45) is 5.73 Å². The van der Waals surface area contributed by atoms with Gasteiger partial charge in [0.25, 0.3) is 0 Å². The number of hydrogen-bond donors (Lipinski definition) is 3. The molecule has 5 heteroatoms. The number of aromatic hydroxyl groups is 1. The van der Waals surface area contributed by atoms with Gasteiger partial charge in [-0.2, -0.15) is 0 Å². The predicted octanol–water partition coefficient (Wildman–Crippen LogP) is 2.03. The number of amides is 1. The Bertz CT molecular complexity index is 777. The number of nitrogens with zero attached hydrogens (tertiary/aromatic N) is 1. The van der Waals surface area contributed by atoms with Gasteiger partial charge in [0.2, 0.25) is 5.91 Å². The van der Waals surface area contributed by atoms with Crippen molar-refractivity contribution in [3.8, 4) is 17.1 Å². The molecule has 0 aliphatic heterocycles. The van der Waals surface area contributed by atoms with Crippen LogP contribution in [-0.4, -0.2) is 21.0 Å². The molecule has 0 bridgehead atoms. The van der Waals surface area contributed by atoms with E-state index in [1.165, 1.54) is 0 Å². The van der Waals surface area contributed by atoms with Crippen LogP contribution in [0.5, 0.6) is 5.75 Å². The normalized spacial score (nSPS) is 10.7. The molecule has 3 rings (SSSR count). The Morgan fingerprint density at radius 1 is 1.21 bits per heavy atom. The fourth-order valence-electron chi connectivity index (χ4n) is 1.96. The van der Waals surface area contributed by atoms with Gasteiger partial charge < -0.3 is 15.8 Å². The number of carbonyl (C=O) groups is 1. The Morgan fingerprint density at radius 3 is 2.74 bits per heavy atom. The molecule has 0 saturated heterocycles. The number of benzene rings is 2. The first-order chi connectivity index (χ1) is 9.15. The number of primary amides is 1. The first-order valence-corrected chi connectivity index (χ1v) is 5.73. The zero-order valence-electron chi connectivity index (χ0n) is 9.92.